The van der Waals surface area contributed by atoms with Gasteiger partial charge in [-0.05, 0) is 43.0 Å². The molecule has 4 aromatic rings. The highest BCUT2D eigenvalue weighted by molar-refractivity contribution is 6.31. The van der Waals surface area contributed by atoms with Gasteiger partial charge in [0.2, 0.25) is 0 Å². The van der Waals surface area contributed by atoms with Crippen LogP contribution in [-0.2, 0) is 26.7 Å². The molecular formula is C29H34ClN9O2. The van der Waals surface area contributed by atoms with E-state index in [2.05, 4.69) is 25.9 Å². The van der Waals surface area contributed by atoms with Gasteiger partial charge in [0.15, 0.2) is 5.52 Å². The summed E-state index contributed by atoms with van der Waals surface area (Å²) >= 11 is 6.63. The Bertz CT molecular complexity index is 1670. The lowest BCUT2D eigenvalue weighted by atomic mass is 9.91. The Morgan fingerprint density at radius 1 is 1.12 bits per heavy atom. The van der Waals surface area contributed by atoms with Crippen molar-refractivity contribution in [3.05, 3.63) is 87.2 Å². The molecule has 1 saturated heterocycles. The summed E-state index contributed by atoms with van der Waals surface area (Å²) in [5.74, 6) is 0. The molecule has 1 fully saturated rings. The second-order valence-corrected chi connectivity index (χ2v) is 11.4. The Hall–Kier alpha value is -3.74. The second-order valence-electron chi connectivity index (χ2n) is 10.9. The number of rotatable bonds is 7. The van der Waals surface area contributed by atoms with Gasteiger partial charge in [0.25, 0.3) is 5.56 Å². The van der Waals surface area contributed by atoms with Gasteiger partial charge >= 0.3 is 0 Å². The van der Waals surface area contributed by atoms with Crippen LogP contribution >= 0.6 is 11.6 Å². The molecule has 0 atom stereocenters. The number of nitrogens with zero attached hydrogens (tertiary/aromatic N) is 6. The molecule has 0 radical (unpaired) electrons. The van der Waals surface area contributed by atoms with Gasteiger partial charge in [0.05, 0.1) is 29.9 Å². The summed E-state index contributed by atoms with van der Waals surface area (Å²) in [6.07, 6.45) is 4.55. The van der Waals surface area contributed by atoms with Crippen LogP contribution in [0.5, 0.6) is 0 Å². The molecule has 0 saturated carbocycles. The molecule has 12 heteroatoms. The van der Waals surface area contributed by atoms with Crippen molar-refractivity contribution in [2.45, 2.75) is 45.0 Å². The Labute approximate surface area is 242 Å². The first-order valence-electron chi connectivity index (χ1n) is 13.7. The predicted molar refractivity (Wildman–Crippen MR) is 160 cm³/mol. The number of likely N-dealkylation sites (tertiary alicyclic amines) is 1. The number of nitrogens with two attached hydrogens (primary N) is 1. The van der Waals surface area contributed by atoms with Crippen LogP contribution in [0.1, 0.15) is 30.9 Å². The standard InChI is InChI=1S/C29H34ClN9O2/c1-19-15-39(35-33-19)23-8-7-22(24(30)13-23)16-37-11-9-29(41,10-12-37)17-38-18-32-25-26(28(38)40)34-36(2)27(25)21-5-3-20(14-31)4-6-21/h3-8,13,15,18,33,35,41H,9-12,14,16-17,31H2,1-2H3. The summed E-state index contributed by atoms with van der Waals surface area (Å²) < 4.78 is 3.17. The molecule has 2 aliphatic heterocycles. The topological polar surface area (TPSA) is 130 Å². The van der Waals surface area contributed by atoms with Crippen molar-refractivity contribution >= 4 is 28.3 Å². The lowest BCUT2D eigenvalue weighted by Crippen LogP contribution is -2.47. The van der Waals surface area contributed by atoms with Crippen molar-refractivity contribution in [3.63, 3.8) is 0 Å². The molecule has 0 amide bonds. The zero-order chi connectivity index (χ0) is 28.7. The number of aliphatic hydroxyl groups is 1. The largest absolute Gasteiger partial charge is 0.388 e. The molecule has 11 nitrogen and oxygen atoms in total. The minimum absolute atomic E-state index is 0.166. The number of nitrogens with one attached hydrogen (secondary N) is 2. The monoisotopic (exact) mass is 575 g/mol. The number of anilines is 1. The number of hydrogen-bond acceptors (Lipinski definition) is 9. The van der Waals surface area contributed by atoms with E-state index in [1.807, 2.05) is 60.6 Å². The lowest BCUT2D eigenvalue weighted by molar-refractivity contribution is -0.0364. The summed E-state index contributed by atoms with van der Waals surface area (Å²) in [5.41, 5.74) is 17.1. The maximum atomic E-state index is 13.4. The average molecular weight is 576 g/mol. The van der Waals surface area contributed by atoms with E-state index in [9.17, 15) is 9.90 Å². The maximum Gasteiger partial charge on any atom is 0.281 e. The van der Waals surface area contributed by atoms with Gasteiger partial charge in [-0.3, -0.25) is 24.0 Å². The number of halogens is 1. The van der Waals surface area contributed by atoms with Crippen LogP contribution < -0.4 is 27.3 Å². The van der Waals surface area contributed by atoms with E-state index in [4.69, 9.17) is 17.3 Å². The van der Waals surface area contributed by atoms with Gasteiger partial charge in [-0.15, -0.1) is 5.53 Å². The predicted octanol–water partition coefficient (Wildman–Crippen LogP) is 2.63. The van der Waals surface area contributed by atoms with Gasteiger partial charge < -0.3 is 16.3 Å². The third kappa shape index (κ3) is 5.46. The fourth-order valence-electron chi connectivity index (χ4n) is 5.53. The number of aryl methyl sites for hydroxylation is 1. The van der Waals surface area contributed by atoms with Crippen molar-refractivity contribution in [1.82, 2.24) is 35.2 Å². The summed E-state index contributed by atoms with van der Waals surface area (Å²) in [6.45, 7) is 4.66. The molecule has 214 valence electrons. The minimum atomic E-state index is -1.02. The van der Waals surface area contributed by atoms with Gasteiger partial charge in [-0.25, -0.2) is 4.98 Å². The van der Waals surface area contributed by atoms with E-state index < -0.39 is 5.60 Å². The van der Waals surface area contributed by atoms with E-state index in [0.29, 0.717) is 49.6 Å². The smallest absolute Gasteiger partial charge is 0.281 e. The second kappa shape index (κ2) is 10.9. The van der Waals surface area contributed by atoms with Gasteiger partial charge in [-0.1, -0.05) is 41.9 Å². The number of hydrazine groups is 2. The molecule has 0 bridgehead atoms. The van der Waals surface area contributed by atoms with Gasteiger partial charge in [0.1, 0.15) is 5.52 Å². The molecule has 4 heterocycles. The summed E-state index contributed by atoms with van der Waals surface area (Å²) in [6, 6.07) is 13.9. The number of piperidine rings is 1. The van der Waals surface area contributed by atoms with E-state index in [0.717, 1.165) is 33.8 Å². The average Bonchev–Trinajstić information content (AvgIpc) is 3.55. The quantitative estimate of drug-likeness (QED) is 0.263. The van der Waals surface area contributed by atoms with Crippen LogP contribution in [0.2, 0.25) is 5.02 Å². The van der Waals surface area contributed by atoms with Crippen LogP contribution in [0, 0.1) is 0 Å². The third-order valence-corrected chi connectivity index (χ3v) is 8.28. The van der Waals surface area contributed by atoms with Crippen LogP contribution in [0.15, 0.2) is 65.5 Å². The maximum absolute atomic E-state index is 13.4. The van der Waals surface area contributed by atoms with Crippen LogP contribution in [0.4, 0.5) is 5.69 Å². The van der Waals surface area contributed by atoms with Crippen molar-refractivity contribution in [2.24, 2.45) is 12.8 Å². The van der Waals surface area contributed by atoms with E-state index >= 15 is 0 Å². The highest BCUT2D eigenvalue weighted by atomic mass is 35.5. The number of allylic oxidation sites excluding steroid dienone is 1. The first-order chi connectivity index (χ1) is 19.7. The molecule has 0 unspecified atom stereocenters. The fraction of sp³-hybridized carbons (Fsp3) is 0.345. The first-order valence-corrected chi connectivity index (χ1v) is 14.0. The molecule has 6 rings (SSSR count). The zero-order valence-corrected chi connectivity index (χ0v) is 23.9. The van der Waals surface area contributed by atoms with Crippen molar-refractivity contribution < 1.29 is 5.11 Å². The molecular weight excluding hydrogens is 542 g/mol. The van der Waals surface area contributed by atoms with Crippen molar-refractivity contribution in [1.29, 1.82) is 0 Å². The van der Waals surface area contributed by atoms with Gasteiger partial charge in [0, 0.05) is 55.7 Å². The number of fused-ring (bicyclic) bond motifs is 1. The SMILES string of the molecule is CC1=CN(c2ccc(CN3CCC(O)(Cn4cnc5c(-c6ccc(CN)cc6)n(C)nc5c4=O)CC3)c(Cl)c2)NN1. The molecule has 0 aliphatic carbocycles. The normalized spacial score (nSPS) is 17.2. The first kappa shape index (κ1) is 27.4. The van der Waals surface area contributed by atoms with E-state index in [-0.39, 0.29) is 17.6 Å². The van der Waals surface area contributed by atoms with E-state index in [1.165, 1.54) is 10.9 Å². The highest BCUT2D eigenvalue weighted by Gasteiger charge is 2.33. The fourth-order valence-corrected chi connectivity index (χ4v) is 5.77. The molecule has 5 N–H and O–H groups in total. The summed E-state index contributed by atoms with van der Waals surface area (Å²) in [7, 11) is 1.80. The Kier molecular flexibility index (Phi) is 7.30. The molecule has 2 aromatic carbocycles. The molecule has 41 heavy (non-hydrogen) atoms. The lowest BCUT2D eigenvalue weighted by Gasteiger charge is -2.38. The Morgan fingerprint density at radius 2 is 1.88 bits per heavy atom. The summed E-state index contributed by atoms with van der Waals surface area (Å²) in [5, 5.41) is 18.5. The van der Waals surface area contributed by atoms with E-state index in [1.54, 1.807) is 11.7 Å². The van der Waals surface area contributed by atoms with Crippen molar-refractivity contribution in [2.75, 3.05) is 18.1 Å². The zero-order valence-electron chi connectivity index (χ0n) is 23.1. The molecule has 2 aliphatic rings. The number of aromatic nitrogens is 4. The summed E-state index contributed by atoms with van der Waals surface area (Å²) in [4.78, 5) is 20.3. The Morgan fingerprint density at radius 3 is 2.54 bits per heavy atom. The Balaban J connectivity index is 1.13. The molecule has 2 aromatic heterocycles. The van der Waals surface area contributed by atoms with Crippen molar-refractivity contribution in [3.8, 4) is 11.3 Å². The van der Waals surface area contributed by atoms with Crippen LogP contribution in [-0.4, -0.2) is 48.0 Å². The number of benzene rings is 2. The minimum Gasteiger partial charge on any atom is -0.388 e. The van der Waals surface area contributed by atoms with Crippen LogP contribution in [0.25, 0.3) is 22.3 Å². The third-order valence-electron chi connectivity index (χ3n) is 7.93. The van der Waals surface area contributed by atoms with Crippen LogP contribution in [0.3, 0.4) is 0 Å². The number of hydrogen-bond donors (Lipinski definition) is 4. The van der Waals surface area contributed by atoms with Gasteiger partial charge in [-0.2, -0.15) is 5.10 Å². The highest BCUT2D eigenvalue weighted by Crippen LogP contribution is 2.30. The molecule has 0 spiro atoms.